The minimum atomic E-state index is -0.0858. The van der Waals surface area contributed by atoms with Crippen LogP contribution in [0.15, 0.2) is 24.3 Å². The summed E-state index contributed by atoms with van der Waals surface area (Å²) in [5.41, 5.74) is 0. The molecule has 0 aliphatic rings. The lowest BCUT2D eigenvalue weighted by Crippen LogP contribution is -2.29. The second-order valence-electron chi connectivity index (χ2n) is 3.90. The van der Waals surface area contributed by atoms with E-state index in [1.165, 1.54) is 0 Å². The van der Waals surface area contributed by atoms with Gasteiger partial charge in [0.2, 0.25) is 0 Å². The third kappa shape index (κ3) is 5.57. The first-order valence-electron chi connectivity index (χ1n) is 6.38. The molecule has 0 spiro atoms. The number of amides is 1. The van der Waals surface area contributed by atoms with Crippen LogP contribution in [0.3, 0.4) is 0 Å². The van der Waals surface area contributed by atoms with Crippen molar-refractivity contribution in [3.05, 3.63) is 24.3 Å². The highest BCUT2D eigenvalue weighted by atomic mass is 16.5. The number of benzene rings is 1. The maximum Gasteiger partial charge on any atom is 0.257 e. The Hall–Kier alpha value is -1.71. The molecule has 0 heterocycles. The topological polar surface area (TPSA) is 47.6 Å². The standard InChI is InChI=1S/C14H21NO3/c1-3-5-10-15-14(16)11-18-13-8-6-12(7-9-13)17-4-2/h6-9H,3-5,10-11H2,1-2H3,(H,15,16). The van der Waals surface area contributed by atoms with E-state index in [1.54, 1.807) is 12.1 Å². The Labute approximate surface area is 108 Å². The molecule has 0 atom stereocenters. The molecular formula is C14H21NO3. The minimum absolute atomic E-state index is 0.0533. The number of unbranched alkanes of at least 4 members (excludes halogenated alkanes) is 1. The van der Waals surface area contributed by atoms with E-state index in [0.29, 0.717) is 18.9 Å². The Balaban J connectivity index is 2.27. The lowest BCUT2D eigenvalue weighted by molar-refractivity contribution is -0.123. The Morgan fingerprint density at radius 3 is 2.28 bits per heavy atom. The lowest BCUT2D eigenvalue weighted by atomic mass is 10.3. The van der Waals surface area contributed by atoms with Gasteiger partial charge in [0, 0.05) is 6.54 Å². The van der Waals surface area contributed by atoms with E-state index in [-0.39, 0.29) is 12.5 Å². The monoisotopic (exact) mass is 251 g/mol. The zero-order chi connectivity index (χ0) is 13.2. The number of nitrogens with one attached hydrogen (secondary N) is 1. The Morgan fingerprint density at radius 2 is 1.72 bits per heavy atom. The van der Waals surface area contributed by atoms with Crippen molar-refractivity contribution in [2.45, 2.75) is 26.7 Å². The molecule has 0 aliphatic carbocycles. The van der Waals surface area contributed by atoms with Crippen molar-refractivity contribution in [3.63, 3.8) is 0 Å². The van der Waals surface area contributed by atoms with Crippen LogP contribution in [0.25, 0.3) is 0 Å². The van der Waals surface area contributed by atoms with Gasteiger partial charge in [-0.3, -0.25) is 4.79 Å². The van der Waals surface area contributed by atoms with Crippen LogP contribution in [-0.4, -0.2) is 25.7 Å². The van der Waals surface area contributed by atoms with Crippen LogP contribution in [0.1, 0.15) is 26.7 Å². The van der Waals surface area contributed by atoms with Gasteiger partial charge < -0.3 is 14.8 Å². The molecule has 0 unspecified atom stereocenters. The third-order valence-electron chi connectivity index (χ3n) is 2.36. The molecule has 1 aromatic carbocycles. The molecule has 4 nitrogen and oxygen atoms in total. The molecule has 18 heavy (non-hydrogen) atoms. The van der Waals surface area contributed by atoms with Gasteiger partial charge in [0.05, 0.1) is 6.61 Å². The molecule has 0 saturated heterocycles. The highest BCUT2D eigenvalue weighted by Gasteiger charge is 2.02. The summed E-state index contributed by atoms with van der Waals surface area (Å²) in [7, 11) is 0. The first-order valence-corrected chi connectivity index (χ1v) is 6.38. The highest BCUT2D eigenvalue weighted by molar-refractivity contribution is 5.77. The molecule has 0 fully saturated rings. The molecule has 4 heteroatoms. The van der Waals surface area contributed by atoms with Gasteiger partial charge in [-0.2, -0.15) is 0 Å². The SMILES string of the molecule is CCCCNC(=O)COc1ccc(OCC)cc1. The molecule has 0 radical (unpaired) electrons. The zero-order valence-corrected chi connectivity index (χ0v) is 11.1. The Kier molecular flexibility index (Phi) is 6.69. The van der Waals surface area contributed by atoms with E-state index in [1.807, 2.05) is 19.1 Å². The van der Waals surface area contributed by atoms with E-state index >= 15 is 0 Å². The largest absolute Gasteiger partial charge is 0.494 e. The van der Waals surface area contributed by atoms with Crippen LogP contribution in [0, 0.1) is 0 Å². The molecule has 100 valence electrons. The maximum absolute atomic E-state index is 11.4. The van der Waals surface area contributed by atoms with Crippen molar-refractivity contribution in [3.8, 4) is 11.5 Å². The normalized spacial score (nSPS) is 9.89. The summed E-state index contributed by atoms with van der Waals surface area (Å²) in [6.07, 6.45) is 2.06. The predicted molar refractivity (Wildman–Crippen MR) is 71.0 cm³/mol. The fourth-order valence-corrected chi connectivity index (χ4v) is 1.40. The summed E-state index contributed by atoms with van der Waals surface area (Å²) < 4.78 is 10.7. The van der Waals surface area contributed by atoms with E-state index in [0.717, 1.165) is 18.6 Å². The van der Waals surface area contributed by atoms with Crippen LogP contribution in [0.2, 0.25) is 0 Å². The van der Waals surface area contributed by atoms with Gasteiger partial charge in [-0.05, 0) is 37.6 Å². The van der Waals surface area contributed by atoms with Crippen molar-refractivity contribution in [1.82, 2.24) is 5.32 Å². The first-order chi connectivity index (χ1) is 8.76. The highest BCUT2D eigenvalue weighted by Crippen LogP contribution is 2.17. The lowest BCUT2D eigenvalue weighted by Gasteiger charge is -2.08. The van der Waals surface area contributed by atoms with Gasteiger partial charge in [0.1, 0.15) is 11.5 Å². The van der Waals surface area contributed by atoms with Gasteiger partial charge in [-0.15, -0.1) is 0 Å². The summed E-state index contributed by atoms with van der Waals surface area (Å²) in [5, 5.41) is 2.80. The van der Waals surface area contributed by atoms with Gasteiger partial charge >= 0.3 is 0 Å². The summed E-state index contributed by atoms with van der Waals surface area (Å²) in [5.74, 6) is 1.39. The first kappa shape index (κ1) is 14.4. The third-order valence-corrected chi connectivity index (χ3v) is 2.36. The van der Waals surface area contributed by atoms with Gasteiger partial charge in [-0.1, -0.05) is 13.3 Å². The molecule has 1 amide bonds. The molecule has 1 aromatic rings. The predicted octanol–water partition coefficient (Wildman–Crippen LogP) is 2.38. The van der Waals surface area contributed by atoms with Crippen LogP contribution in [0.4, 0.5) is 0 Å². The van der Waals surface area contributed by atoms with Gasteiger partial charge in [0.25, 0.3) is 5.91 Å². The molecule has 0 aliphatic heterocycles. The smallest absolute Gasteiger partial charge is 0.257 e. The number of carbonyl (C=O) groups is 1. The second-order valence-corrected chi connectivity index (χ2v) is 3.90. The van der Waals surface area contributed by atoms with Crippen molar-refractivity contribution >= 4 is 5.91 Å². The van der Waals surface area contributed by atoms with E-state index in [9.17, 15) is 4.79 Å². The maximum atomic E-state index is 11.4. The van der Waals surface area contributed by atoms with Gasteiger partial charge in [0.15, 0.2) is 6.61 Å². The Bertz CT molecular complexity index is 349. The zero-order valence-electron chi connectivity index (χ0n) is 11.1. The number of ether oxygens (including phenoxy) is 2. The molecule has 0 aromatic heterocycles. The molecule has 0 saturated carbocycles. The van der Waals surface area contributed by atoms with E-state index < -0.39 is 0 Å². The second kappa shape index (κ2) is 8.39. The van der Waals surface area contributed by atoms with Crippen LogP contribution in [-0.2, 0) is 4.79 Å². The summed E-state index contributed by atoms with van der Waals surface area (Å²) in [6.45, 7) is 5.42. The number of hydrogen-bond acceptors (Lipinski definition) is 3. The van der Waals surface area contributed by atoms with Crippen LogP contribution >= 0.6 is 0 Å². The quantitative estimate of drug-likeness (QED) is 0.722. The summed E-state index contributed by atoms with van der Waals surface area (Å²) >= 11 is 0. The minimum Gasteiger partial charge on any atom is -0.494 e. The molecule has 1 rings (SSSR count). The fraction of sp³-hybridized carbons (Fsp3) is 0.500. The fourth-order valence-electron chi connectivity index (χ4n) is 1.40. The van der Waals surface area contributed by atoms with Crippen molar-refractivity contribution in [2.75, 3.05) is 19.8 Å². The average Bonchev–Trinajstić information content (AvgIpc) is 2.39. The van der Waals surface area contributed by atoms with Gasteiger partial charge in [-0.25, -0.2) is 0 Å². The van der Waals surface area contributed by atoms with Crippen molar-refractivity contribution in [2.24, 2.45) is 0 Å². The summed E-state index contributed by atoms with van der Waals surface area (Å²) in [6, 6.07) is 7.25. The Morgan fingerprint density at radius 1 is 1.11 bits per heavy atom. The molecule has 1 N–H and O–H groups in total. The average molecular weight is 251 g/mol. The van der Waals surface area contributed by atoms with Crippen LogP contribution < -0.4 is 14.8 Å². The summed E-state index contributed by atoms with van der Waals surface area (Å²) in [4.78, 5) is 11.4. The number of rotatable bonds is 8. The number of hydrogen-bond donors (Lipinski definition) is 1. The van der Waals surface area contributed by atoms with E-state index in [4.69, 9.17) is 9.47 Å². The van der Waals surface area contributed by atoms with E-state index in [2.05, 4.69) is 12.2 Å². The molecule has 0 bridgehead atoms. The van der Waals surface area contributed by atoms with Crippen molar-refractivity contribution in [1.29, 1.82) is 0 Å². The van der Waals surface area contributed by atoms with Crippen molar-refractivity contribution < 1.29 is 14.3 Å². The van der Waals surface area contributed by atoms with Crippen LogP contribution in [0.5, 0.6) is 11.5 Å². The number of carbonyl (C=O) groups excluding carboxylic acids is 1. The molecular weight excluding hydrogens is 230 g/mol.